The van der Waals surface area contributed by atoms with Crippen LogP contribution in [0, 0.1) is 0 Å². The minimum absolute atomic E-state index is 0.206. The number of nitrogens with zero attached hydrogens (tertiary/aromatic N) is 1. The lowest BCUT2D eigenvalue weighted by atomic mass is 10.0. The Bertz CT molecular complexity index is 540. The third kappa shape index (κ3) is 3.70. The summed E-state index contributed by atoms with van der Waals surface area (Å²) in [4.78, 5) is 0. The second-order valence-corrected chi connectivity index (χ2v) is 7.51. The van der Waals surface area contributed by atoms with Crippen LogP contribution in [0.2, 0.25) is 0 Å². The standard InChI is InChI=1S/C14H22N2O2S/c1-11(2)12-5-4-6-13(9-12)15-14-7-8-16(10-14)19(3,17)18/h4-6,9,11,14-15H,7-8,10H2,1-3H3/t14-/m1/s1. The SMILES string of the molecule is CC(C)c1cccc(N[C@@H]2CCN(S(C)(=O)=O)C2)c1. The fourth-order valence-electron chi connectivity index (χ4n) is 2.37. The monoisotopic (exact) mass is 282 g/mol. The third-order valence-corrected chi connectivity index (χ3v) is 4.81. The summed E-state index contributed by atoms with van der Waals surface area (Å²) in [6.07, 6.45) is 2.13. The minimum Gasteiger partial charge on any atom is -0.381 e. The minimum atomic E-state index is -3.06. The van der Waals surface area contributed by atoms with Crippen molar-refractivity contribution in [3.63, 3.8) is 0 Å². The van der Waals surface area contributed by atoms with Gasteiger partial charge in [0, 0.05) is 24.8 Å². The van der Waals surface area contributed by atoms with Gasteiger partial charge in [0.05, 0.1) is 6.26 Å². The molecule has 1 N–H and O–H groups in total. The fourth-order valence-corrected chi connectivity index (χ4v) is 3.26. The number of nitrogens with one attached hydrogen (secondary N) is 1. The molecule has 0 bridgehead atoms. The molecular formula is C14H22N2O2S. The molecule has 1 fully saturated rings. The highest BCUT2D eigenvalue weighted by atomic mass is 32.2. The smallest absolute Gasteiger partial charge is 0.211 e. The lowest BCUT2D eigenvalue weighted by Gasteiger charge is -2.16. The second-order valence-electron chi connectivity index (χ2n) is 5.53. The lowest BCUT2D eigenvalue weighted by molar-refractivity contribution is 0.480. The molecule has 0 amide bonds. The van der Waals surface area contributed by atoms with Crippen molar-refractivity contribution in [1.29, 1.82) is 0 Å². The van der Waals surface area contributed by atoms with Crippen molar-refractivity contribution in [2.45, 2.75) is 32.2 Å². The normalized spacial score (nSPS) is 20.9. The lowest BCUT2D eigenvalue weighted by Crippen LogP contribution is -2.30. The number of hydrogen-bond acceptors (Lipinski definition) is 3. The first-order valence-corrected chi connectivity index (χ1v) is 8.52. The van der Waals surface area contributed by atoms with E-state index in [9.17, 15) is 8.42 Å². The molecule has 0 radical (unpaired) electrons. The summed E-state index contributed by atoms with van der Waals surface area (Å²) in [5.74, 6) is 0.498. The van der Waals surface area contributed by atoms with Crippen LogP contribution in [0.3, 0.4) is 0 Å². The zero-order valence-electron chi connectivity index (χ0n) is 11.8. The Labute approximate surface area is 115 Å². The van der Waals surface area contributed by atoms with Crippen LogP contribution >= 0.6 is 0 Å². The maximum atomic E-state index is 11.5. The number of sulfonamides is 1. The maximum absolute atomic E-state index is 11.5. The Morgan fingerprint density at radius 2 is 2.11 bits per heavy atom. The summed E-state index contributed by atoms with van der Waals surface area (Å²) in [6.45, 7) is 5.51. The van der Waals surface area contributed by atoms with Gasteiger partial charge in [-0.15, -0.1) is 0 Å². The van der Waals surface area contributed by atoms with Gasteiger partial charge >= 0.3 is 0 Å². The quantitative estimate of drug-likeness (QED) is 0.921. The van der Waals surface area contributed by atoms with Crippen LogP contribution in [-0.4, -0.2) is 38.1 Å². The molecule has 1 heterocycles. The van der Waals surface area contributed by atoms with Crippen LogP contribution < -0.4 is 5.32 Å². The van der Waals surface area contributed by atoms with E-state index in [0.717, 1.165) is 12.1 Å². The van der Waals surface area contributed by atoms with E-state index in [0.29, 0.717) is 19.0 Å². The van der Waals surface area contributed by atoms with E-state index in [2.05, 4.69) is 31.3 Å². The Kier molecular flexibility index (Phi) is 4.16. The maximum Gasteiger partial charge on any atom is 0.211 e. The highest BCUT2D eigenvalue weighted by Gasteiger charge is 2.28. The Balaban J connectivity index is 2.01. The molecule has 2 rings (SSSR count). The molecule has 0 spiro atoms. The molecule has 19 heavy (non-hydrogen) atoms. The van der Waals surface area contributed by atoms with Gasteiger partial charge in [-0.2, -0.15) is 0 Å². The topological polar surface area (TPSA) is 49.4 Å². The largest absolute Gasteiger partial charge is 0.381 e. The molecule has 1 aliphatic rings. The van der Waals surface area contributed by atoms with Crippen LogP contribution in [-0.2, 0) is 10.0 Å². The van der Waals surface area contributed by atoms with E-state index in [1.807, 2.05) is 12.1 Å². The van der Waals surface area contributed by atoms with Gasteiger partial charge in [-0.3, -0.25) is 0 Å². The molecule has 1 aromatic rings. The highest BCUT2D eigenvalue weighted by molar-refractivity contribution is 7.88. The molecule has 4 nitrogen and oxygen atoms in total. The number of rotatable bonds is 4. The Morgan fingerprint density at radius 3 is 2.68 bits per heavy atom. The summed E-state index contributed by atoms with van der Waals surface area (Å²) in [6, 6.07) is 8.55. The highest BCUT2D eigenvalue weighted by Crippen LogP contribution is 2.21. The summed E-state index contributed by atoms with van der Waals surface area (Å²) in [5, 5.41) is 3.43. The molecule has 0 aromatic heterocycles. The first kappa shape index (κ1) is 14.3. The summed E-state index contributed by atoms with van der Waals surface area (Å²) in [5.41, 5.74) is 2.37. The summed E-state index contributed by atoms with van der Waals surface area (Å²) < 4.78 is 24.5. The van der Waals surface area contributed by atoms with E-state index in [4.69, 9.17) is 0 Å². The van der Waals surface area contributed by atoms with Gasteiger partial charge < -0.3 is 5.32 Å². The third-order valence-electron chi connectivity index (χ3n) is 3.54. The van der Waals surface area contributed by atoms with Gasteiger partial charge in [0.2, 0.25) is 10.0 Å². The zero-order chi connectivity index (χ0) is 14.0. The predicted octanol–water partition coefficient (Wildman–Crippen LogP) is 2.26. The molecule has 1 atom stereocenters. The number of hydrogen-bond donors (Lipinski definition) is 1. The van der Waals surface area contributed by atoms with Gasteiger partial charge in [0.15, 0.2) is 0 Å². The van der Waals surface area contributed by atoms with Gasteiger partial charge in [0.25, 0.3) is 0 Å². The van der Waals surface area contributed by atoms with E-state index in [-0.39, 0.29) is 6.04 Å². The summed E-state index contributed by atoms with van der Waals surface area (Å²) in [7, 11) is -3.06. The Morgan fingerprint density at radius 1 is 1.37 bits per heavy atom. The van der Waals surface area contributed by atoms with Gasteiger partial charge in [0.1, 0.15) is 0 Å². The molecule has 5 heteroatoms. The van der Waals surface area contributed by atoms with Crippen molar-refractivity contribution < 1.29 is 8.42 Å². The van der Waals surface area contributed by atoms with Crippen molar-refractivity contribution in [3.8, 4) is 0 Å². The average molecular weight is 282 g/mol. The first-order chi connectivity index (χ1) is 8.86. The van der Waals surface area contributed by atoms with Crippen LogP contribution in [0.15, 0.2) is 24.3 Å². The van der Waals surface area contributed by atoms with E-state index in [1.165, 1.54) is 16.1 Å². The Hall–Kier alpha value is -1.07. The predicted molar refractivity (Wildman–Crippen MR) is 79.0 cm³/mol. The fraction of sp³-hybridized carbons (Fsp3) is 0.571. The van der Waals surface area contributed by atoms with E-state index >= 15 is 0 Å². The molecule has 0 unspecified atom stereocenters. The number of anilines is 1. The van der Waals surface area contributed by atoms with Gasteiger partial charge in [-0.25, -0.2) is 12.7 Å². The van der Waals surface area contributed by atoms with Crippen LogP contribution in [0.5, 0.6) is 0 Å². The van der Waals surface area contributed by atoms with E-state index < -0.39 is 10.0 Å². The molecule has 106 valence electrons. The zero-order valence-corrected chi connectivity index (χ0v) is 12.6. The number of benzene rings is 1. The molecule has 1 aromatic carbocycles. The molecular weight excluding hydrogens is 260 g/mol. The molecule has 0 aliphatic carbocycles. The van der Waals surface area contributed by atoms with Crippen molar-refractivity contribution in [2.75, 3.05) is 24.7 Å². The van der Waals surface area contributed by atoms with Crippen LogP contribution in [0.1, 0.15) is 31.7 Å². The molecule has 1 aliphatic heterocycles. The van der Waals surface area contributed by atoms with Crippen molar-refractivity contribution in [3.05, 3.63) is 29.8 Å². The van der Waals surface area contributed by atoms with Gasteiger partial charge in [-0.05, 0) is 30.0 Å². The van der Waals surface area contributed by atoms with Crippen molar-refractivity contribution in [2.24, 2.45) is 0 Å². The van der Waals surface area contributed by atoms with Crippen molar-refractivity contribution >= 4 is 15.7 Å². The van der Waals surface area contributed by atoms with E-state index in [1.54, 1.807) is 0 Å². The molecule has 0 saturated carbocycles. The molecule has 1 saturated heterocycles. The van der Waals surface area contributed by atoms with Crippen LogP contribution in [0.4, 0.5) is 5.69 Å². The second kappa shape index (κ2) is 5.51. The summed E-state index contributed by atoms with van der Waals surface area (Å²) >= 11 is 0. The van der Waals surface area contributed by atoms with Crippen LogP contribution in [0.25, 0.3) is 0 Å². The van der Waals surface area contributed by atoms with Crippen molar-refractivity contribution in [1.82, 2.24) is 4.31 Å². The first-order valence-electron chi connectivity index (χ1n) is 6.68. The van der Waals surface area contributed by atoms with Gasteiger partial charge in [-0.1, -0.05) is 26.0 Å². The average Bonchev–Trinajstić information content (AvgIpc) is 2.77.